The van der Waals surface area contributed by atoms with Crippen molar-refractivity contribution in [1.29, 1.82) is 0 Å². The van der Waals surface area contributed by atoms with Gasteiger partial charge in [-0.1, -0.05) is 12.1 Å². The van der Waals surface area contributed by atoms with Gasteiger partial charge >= 0.3 is 0 Å². The average molecular weight is 366 g/mol. The van der Waals surface area contributed by atoms with E-state index in [1.807, 2.05) is 24.3 Å². The second-order valence-corrected chi connectivity index (χ2v) is 5.95. The summed E-state index contributed by atoms with van der Waals surface area (Å²) in [6, 6.07) is 10.9. The van der Waals surface area contributed by atoms with Crippen LogP contribution in [-0.2, 0) is 6.54 Å². The van der Waals surface area contributed by atoms with Gasteiger partial charge in [-0.05, 0) is 29.8 Å². The number of hydrogen-bond donors (Lipinski definition) is 1. The van der Waals surface area contributed by atoms with Gasteiger partial charge in [0.15, 0.2) is 11.5 Å². The summed E-state index contributed by atoms with van der Waals surface area (Å²) in [6.45, 7) is 1.46. The van der Waals surface area contributed by atoms with Crippen molar-refractivity contribution in [2.45, 2.75) is 6.54 Å². The number of ether oxygens (including phenoxy) is 3. The summed E-state index contributed by atoms with van der Waals surface area (Å²) in [5.41, 5.74) is 2.11. The molecule has 0 saturated heterocycles. The van der Waals surface area contributed by atoms with Crippen LogP contribution in [0.2, 0.25) is 0 Å². The molecule has 8 nitrogen and oxygen atoms in total. The lowest BCUT2D eigenvalue weighted by atomic mass is 10.1. The van der Waals surface area contributed by atoms with Crippen molar-refractivity contribution < 1.29 is 19.0 Å². The lowest BCUT2D eigenvalue weighted by Crippen LogP contribution is -2.18. The quantitative estimate of drug-likeness (QED) is 0.746. The molecule has 4 rings (SSSR count). The zero-order chi connectivity index (χ0) is 18.6. The summed E-state index contributed by atoms with van der Waals surface area (Å²) in [7, 11) is 1.53. The number of hydrogen-bond acceptors (Lipinski definition) is 6. The number of methoxy groups -OCH3 is 1. The fourth-order valence-corrected chi connectivity index (χ4v) is 2.86. The van der Waals surface area contributed by atoms with E-state index in [9.17, 15) is 4.79 Å². The van der Waals surface area contributed by atoms with E-state index in [0.717, 1.165) is 5.56 Å². The standard InChI is InChI=1S/C19H18N4O4/c1-25-16-8-14(9-17-18(16)27-6-5-26-17)19(24)22-15-4-2-3-13(7-15)10-23-12-20-11-21-23/h2-4,7-9,11-12H,5-6,10H2,1H3,(H,22,24). The Morgan fingerprint density at radius 3 is 2.96 bits per heavy atom. The van der Waals surface area contributed by atoms with Crippen LogP contribution >= 0.6 is 0 Å². The number of nitrogens with one attached hydrogen (secondary N) is 1. The van der Waals surface area contributed by atoms with E-state index in [-0.39, 0.29) is 5.91 Å². The summed E-state index contributed by atoms with van der Waals surface area (Å²) in [4.78, 5) is 16.6. The van der Waals surface area contributed by atoms with Crippen LogP contribution in [0, 0.1) is 0 Å². The first-order valence-corrected chi connectivity index (χ1v) is 8.43. The summed E-state index contributed by atoms with van der Waals surface area (Å²) < 4.78 is 18.2. The molecule has 1 amide bonds. The first-order valence-electron chi connectivity index (χ1n) is 8.43. The van der Waals surface area contributed by atoms with E-state index in [4.69, 9.17) is 14.2 Å². The maximum Gasteiger partial charge on any atom is 0.255 e. The Morgan fingerprint density at radius 2 is 2.15 bits per heavy atom. The van der Waals surface area contributed by atoms with Crippen LogP contribution in [-0.4, -0.2) is 41.0 Å². The van der Waals surface area contributed by atoms with E-state index in [1.165, 1.54) is 13.4 Å². The number of carbonyl (C=O) groups is 1. The van der Waals surface area contributed by atoms with Crippen molar-refractivity contribution in [3.05, 3.63) is 60.2 Å². The highest BCUT2D eigenvalue weighted by molar-refractivity contribution is 6.05. The predicted octanol–water partition coefficient (Wildman–Crippen LogP) is 2.36. The number of rotatable bonds is 5. The average Bonchev–Trinajstić information content (AvgIpc) is 3.20. The second-order valence-electron chi connectivity index (χ2n) is 5.95. The number of fused-ring (bicyclic) bond motifs is 1. The third-order valence-corrected chi connectivity index (χ3v) is 4.09. The molecule has 0 aliphatic carbocycles. The molecule has 0 radical (unpaired) electrons. The van der Waals surface area contributed by atoms with Crippen LogP contribution in [0.25, 0.3) is 0 Å². The number of amides is 1. The monoisotopic (exact) mass is 366 g/mol. The van der Waals surface area contributed by atoms with E-state index >= 15 is 0 Å². The lowest BCUT2D eigenvalue weighted by molar-refractivity contribution is 0.102. The molecule has 0 unspecified atom stereocenters. The van der Waals surface area contributed by atoms with Gasteiger partial charge in [0.05, 0.1) is 13.7 Å². The van der Waals surface area contributed by atoms with Crippen molar-refractivity contribution in [2.75, 3.05) is 25.6 Å². The highest BCUT2D eigenvalue weighted by Crippen LogP contribution is 2.40. The summed E-state index contributed by atoms with van der Waals surface area (Å²) in [5, 5.41) is 6.99. The van der Waals surface area contributed by atoms with Gasteiger partial charge in [-0.3, -0.25) is 4.79 Å². The Labute approximate surface area is 155 Å². The van der Waals surface area contributed by atoms with Gasteiger partial charge in [-0.25, -0.2) is 9.67 Å². The highest BCUT2D eigenvalue weighted by Gasteiger charge is 2.21. The molecular weight excluding hydrogens is 348 g/mol. The molecule has 0 fully saturated rings. The fourth-order valence-electron chi connectivity index (χ4n) is 2.86. The molecule has 1 N–H and O–H groups in total. The molecule has 0 atom stereocenters. The van der Waals surface area contributed by atoms with Gasteiger partial charge in [0.1, 0.15) is 25.9 Å². The molecule has 3 aromatic rings. The van der Waals surface area contributed by atoms with E-state index in [1.54, 1.807) is 23.1 Å². The molecule has 0 spiro atoms. The van der Waals surface area contributed by atoms with Crippen LogP contribution in [0.5, 0.6) is 17.2 Å². The zero-order valence-electron chi connectivity index (χ0n) is 14.7. The van der Waals surface area contributed by atoms with Crippen LogP contribution < -0.4 is 19.5 Å². The van der Waals surface area contributed by atoms with Gasteiger partial charge in [0, 0.05) is 11.3 Å². The Morgan fingerprint density at radius 1 is 1.26 bits per heavy atom. The predicted molar refractivity (Wildman–Crippen MR) is 97.5 cm³/mol. The molecule has 1 aliphatic heterocycles. The number of carbonyl (C=O) groups excluding carboxylic acids is 1. The smallest absolute Gasteiger partial charge is 0.255 e. The Balaban J connectivity index is 1.54. The summed E-state index contributed by atoms with van der Waals surface area (Å²) in [5.74, 6) is 1.24. The molecule has 0 bridgehead atoms. The topological polar surface area (TPSA) is 87.5 Å². The Bertz CT molecular complexity index is 939. The number of benzene rings is 2. The third-order valence-electron chi connectivity index (χ3n) is 4.09. The van der Waals surface area contributed by atoms with Gasteiger partial charge < -0.3 is 19.5 Å². The fraction of sp³-hybridized carbons (Fsp3) is 0.211. The highest BCUT2D eigenvalue weighted by atomic mass is 16.6. The molecule has 8 heteroatoms. The van der Waals surface area contributed by atoms with Crippen molar-refractivity contribution >= 4 is 11.6 Å². The minimum atomic E-state index is -0.261. The molecule has 0 saturated carbocycles. The first-order chi connectivity index (χ1) is 13.2. The summed E-state index contributed by atoms with van der Waals surface area (Å²) >= 11 is 0. The van der Waals surface area contributed by atoms with E-state index < -0.39 is 0 Å². The largest absolute Gasteiger partial charge is 0.493 e. The molecule has 138 valence electrons. The van der Waals surface area contributed by atoms with Crippen LogP contribution in [0.3, 0.4) is 0 Å². The normalized spacial score (nSPS) is 12.5. The Kier molecular flexibility index (Phi) is 4.61. The van der Waals surface area contributed by atoms with Crippen molar-refractivity contribution in [1.82, 2.24) is 14.8 Å². The van der Waals surface area contributed by atoms with Crippen molar-refractivity contribution in [3.8, 4) is 17.2 Å². The second kappa shape index (κ2) is 7.36. The third kappa shape index (κ3) is 3.69. The van der Waals surface area contributed by atoms with Crippen molar-refractivity contribution in [3.63, 3.8) is 0 Å². The first kappa shape index (κ1) is 16.9. The van der Waals surface area contributed by atoms with Crippen LogP contribution in [0.4, 0.5) is 5.69 Å². The van der Waals surface area contributed by atoms with Crippen LogP contribution in [0.1, 0.15) is 15.9 Å². The molecule has 27 heavy (non-hydrogen) atoms. The van der Waals surface area contributed by atoms with Gasteiger partial charge in [-0.15, -0.1) is 0 Å². The van der Waals surface area contributed by atoms with Gasteiger partial charge in [0.25, 0.3) is 5.91 Å². The minimum Gasteiger partial charge on any atom is -0.493 e. The van der Waals surface area contributed by atoms with Crippen LogP contribution in [0.15, 0.2) is 49.1 Å². The zero-order valence-corrected chi connectivity index (χ0v) is 14.7. The molecule has 2 aromatic carbocycles. The lowest BCUT2D eigenvalue weighted by Gasteiger charge is -2.21. The van der Waals surface area contributed by atoms with E-state index in [0.29, 0.717) is 48.3 Å². The Hall–Kier alpha value is -3.55. The van der Waals surface area contributed by atoms with Gasteiger partial charge in [-0.2, -0.15) is 5.10 Å². The summed E-state index contributed by atoms with van der Waals surface area (Å²) in [6.07, 6.45) is 3.13. The molecular formula is C19H18N4O4. The van der Waals surface area contributed by atoms with E-state index in [2.05, 4.69) is 15.4 Å². The minimum absolute atomic E-state index is 0.261. The van der Waals surface area contributed by atoms with Gasteiger partial charge in [0.2, 0.25) is 5.75 Å². The van der Waals surface area contributed by atoms with Crippen molar-refractivity contribution in [2.24, 2.45) is 0 Å². The molecule has 1 aromatic heterocycles. The molecule has 2 heterocycles. The number of anilines is 1. The maximum atomic E-state index is 12.7. The SMILES string of the molecule is COc1cc(C(=O)Nc2cccc(Cn3cncn3)c2)cc2c1OCCO2. The molecule has 1 aliphatic rings. The number of nitrogens with zero attached hydrogens (tertiary/aromatic N) is 3. The maximum absolute atomic E-state index is 12.7. The number of aromatic nitrogens is 3.